The van der Waals surface area contributed by atoms with Gasteiger partial charge in [-0.15, -0.1) is 0 Å². The van der Waals surface area contributed by atoms with E-state index in [1.165, 1.54) is 64.2 Å². The average molecular weight is 539 g/mol. The van der Waals surface area contributed by atoms with Crippen LogP contribution in [0.1, 0.15) is 123 Å². The Morgan fingerprint density at radius 1 is 0.868 bits per heavy atom. The number of amides is 1. The molecule has 0 aliphatic carbocycles. The van der Waals surface area contributed by atoms with Gasteiger partial charge in [0.05, 0.1) is 0 Å². The van der Waals surface area contributed by atoms with Gasteiger partial charge in [0.2, 0.25) is 5.91 Å². The van der Waals surface area contributed by atoms with Gasteiger partial charge in [0.15, 0.2) is 0 Å². The summed E-state index contributed by atoms with van der Waals surface area (Å²) in [5, 5.41) is 24.8. The van der Waals surface area contributed by atoms with E-state index in [2.05, 4.69) is 17.2 Å². The zero-order valence-electron chi connectivity index (χ0n) is 24.6. The van der Waals surface area contributed by atoms with E-state index in [1.807, 2.05) is 44.2 Å². The maximum atomic E-state index is 13.0. The average Bonchev–Trinajstić information content (AvgIpc) is 2.89. The van der Waals surface area contributed by atoms with Crippen molar-refractivity contribution in [3.63, 3.8) is 0 Å². The summed E-state index contributed by atoms with van der Waals surface area (Å²) in [6, 6.07) is 7.27. The van der Waals surface area contributed by atoms with Crippen molar-refractivity contribution < 1.29 is 49.4 Å². The van der Waals surface area contributed by atoms with E-state index in [-0.39, 0.29) is 47.8 Å². The summed E-state index contributed by atoms with van der Waals surface area (Å²) in [7, 11) is 0. The number of carbonyl (C=O) groups is 2. The molecule has 0 aliphatic heterocycles. The normalized spacial score (nSPS) is 13.8. The minimum atomic E-state index is -1.10. The molecule has 210 valence electrons. The van der Waals surface area contributed by atoms with E-state index in [9.17, 15) is 19.8 Å². The topological polar surface area (TPSA) is 102 Å². The zero-order chi connectivity index (χ0) is 27.3. The van der Waals surface area contributed by atoms with Gasteiger partial charge in [-0.05, 0) is 30.2 Å². The number of unbranched alkanes of at least 4 members (excludes halogenated alkanes) is 12. The molecule has 0 bridgehead atoms. The molecule has 1 rings (SSSR count). The number of carboxylic acids is 1. The van der Waals surface area contributed by atoms with Crippen molar-refractivity contribution in [2.45, 2.75) is 136 Å². The molecule has 0 fully saturated rings. The zero-order valence-corrected chi connectivity index (χ0v) is 26.6. The fourth-order valence-corrected chi connectivity index (χ4v) is 4.49. The molecule has 3 atom stereocenters. The number of carboxylic acid groups (broad SMARTS) is 1. The molecule has 38 heavy (non-hydrogen) atoms. The fraction of sp³-hybridized carbons (Fsp3) is 0.710. The van der Waals surface area contributed by atoms with E-state index in [0.717, 1.165) is 24.8 Å². The minimum Gasteiger partial charge on any atom is -0.862 e. The monoisotopic (exact) mass is 538 g/mol. The number of aliphatic imine (C=N–C) groups is 1. The summed E-state index contributed by atoms with van der Waals surface area (Å²) in [6.07, 6.45) is 17.3. The second-order valence-corrected chi connectivity index (χ2v) is 10.4. The summed E-state index contributed by atoms with van der Waals surface area (Å²) < 4.78 is 0. The van der Waals surface area contributed by atoms with Crippen LogP contribution in [0.15, 0.2) is 35.3 Å². The van der Waals surface area contributed by atoms with E-state index in [1.54, 1.807) is 0 Å². The van der Waals surface area contributed by atoms with Crippen molar-refractivity contribution in [2.75, 3.05) is 0 Å². The molecule has 0 saturated carbocycles. The molecule has 1 aromatic carbocycles. The Labute approximate surface area is 253 Å². The van der Waals surface area contributed by atoms with Gasteiger partial charge in [0, 0.05) is 6.42 Å². The van der Waals surface area contributed by atoms with E-state index >= 15 is 0 Å². The van der Waals surface area contributed by atoms with Crippen molar-refractivity contribution >= 4 is 17.8 Å². The van der Waals surface area contributed by atoms with Gasteiger partial charge in [-0.1, -0.05) is 135 Å². The van der Waals surface area contributed by atoms with Crippen LogP contribution >= 0.6 is 0 Å². The van der Waals surface area contributed by atoms with Gasteiger partial charge in [-0.2, -0.15) is 0 Å². The van der Waals surface area contributed by atoms with Crippen LogP contribution < -0.4 is 40.0 Å². The Hall–Kier alpha value is -1.37. The van der Waals surface area contributed by atoms with Gasteiger partial charge in [-0.25, -0.2) is 4.79 Å². The van der Waals surface area contributed by atoms with Crippen LogP contribution in [0.2, 0.25) is 0 Å². The Balaban J connectivity index is 0.0000137. The number of hydrogen-bond donors (Lipinski definition) is 2. The third-order valence-electron chi connectivity index (χ3n) is 7.13. The van der Waals surface area contributed by atoms with Crippen LogP contribution in [0.3, 0.4) is 0 Å². The molecule has 0 saturated heterocycles. The Kier molecular flexibility index (Phi) is 22.7. The van der Waals surface area contributed by atoms with Crippen LogP contribution in [-0.4, -0.2) is 35.0 Å². The predicted octanol–water partition coefficient (Wildman–Crippen LogP) is 3.46. The fourth-order valence-electron chi connectivity index (χ4n) is 4.49. The van der Waals surface area contributed by atoms with Crippen LogP contribution in [-0.2, 0) is 16.0 Å². The quantitative estimate of drug-likeness (QED) is 0.102. The molecule has 6 nitrogen and oxygen atoms in total. The van der Waals surface area contributed by atoms with Crippen LogP contribution in [0, 0.1) is 5.92 Å². The van der Waals surface area contributed by atoms with Gasteiger partial charge < -0.3 is 15.5 Å². The molecule has 0 radical (unpaired) electrons. The molecular weight excluding hydrogens is 487 g/mol. The maximum Gasteiger partial charge on any atom is 1.00 e. The largest absolute Gasteiger partial charge is 1.00 e. The van der Waals surface area contributed by atoms with Gasteiger partial charge in [0.25, 0.3) is 0 Å². The molecule has 3 unspecified atom stereocenters. The van der Waals surface area contributed by atoms with Crippen LogP contribution in [0.4, 0.5) is 0 Å². The number of rotatable bonds is 22. The molecule has 7 heteroatoms. The molecule has 0 spiro atoms. The van der Waals surface area contributed by atoms with E-state index in [0.29, 0.717) is 12.8 Å². The van der Waals surface area contributed by atoms with E-state index in [4.69, 9.17) is 0 Å². The Bertz CT molecular complexity index is 772. The van der Waals surface area contributed by atoms with Crippen molar-refractivity contribution in [1.29, 1.82) is 0 Å². The number of nitrogens with zero attached hydrogens (tertiary/aromatic N) is 1. The SMILES string of the molecule is CCCCCCCCCCCCCCCC([O-])=NC(C(=O)NC(Cc1ccccc1)C(=O)O)C(C)CC.[Na+]. The van der Waals surface area contributed by atoms with Crippen molar-refractivity contribution in [2.24, 2.45) is 10.9 Å². The summed E-state index contributed by atoms with van der Waals surface area (Å²) in [5.74, 6) is -2.00. The number of hydrogen-bond acceptors (Lipinski definition) is 4. The number of nitrogens with one attached hydrogen (secondary N) is 1. The Morgan fingerprint density at radius 2 is 1.37 bits per heavy atom. The van der Waals surface area contributed by atoms with E-state index < -0.39 is 24.0 Å². The summed E-state index contributed by atoms with van der Waals surface area (Å²) in [6.45, 7) is 6.06. The smallest absolute Gasteiger partial charge is 0.862 e. The molecule has 1 aromatic rings. The molecule has 0 aliphatic rings. The van der Waals surface area contributed by atoms with Crippen LogP contribution in [0.5, 0.6) is 0 Å². The summed E-state index contributed by atoms with van der Waals surface area (Å²) >= 11 is 0. The number of aliphatic carboxylic acids is 1. The third-order valence-corrected chi connectivity index (χ3v) is 7.13. The first-order chi connectivity index (χ1) is 17.9. The standard InChI is InChI=1S/C31H52N2O4.Na/c1-4-6-7-8-9-10-11-12-13-14-15-16-20-23-28(34)33-29(25(3)5-2)30(35)32-27(31(36)37)24-26-21-18-17-19-22-26;/h17-19,21-22,25,27,29H,4-16,20,23-24H2,1-3H3,(H,32,35)(H,33,34)(H,36,37);/q;+1/p-1. The maximum absolute atomic E-state index is 13.0. The molecule has 0 aromatic heterocycles. The van der Waals surface area contributed by atoms with Gasteiger partial charge in [-0.3, -0.25) is 9.79 Å². The second kappa shape index (κ2) is 23.5. The third kappa shape index (κ3) is 17.3. The van der Waals surface area contributed by atoms with Crippen molar-refractivity contribution in [3.05, 3.63) is 35.9 Å². The minimum absolute atomic E-state index is 0. The Morgan fingerprint density at radius 3 is 1.84 bits per heavy atom. The second-order valence-electron chi connectivity index (χ2n) is 10.4. The molecular formula is C31H51N2NaO4. The van der Waals surface area contributed by atoms with Crippen LogP contribution in [0.25, 0.3) is 0 Å². The number of benzene rings is 1. The first kappa shape index (κ1) is 36.6. The number of carbonyl (C=O) groups excluding carboxylic acids is 1. The first-order valence-electron chi connectivity index (χ1n) is 14.7. The summed E-state index contributed by atoms with van der Waals surface area (Å²) in [4.78, 5) is 28.9. The summed E-state index contributed by atoms with van der Waals surface area (Å²) in [5.41, 5.74) is 0.825. The van der Waals surface area contributed by atoms with Gasteiger partial charge in [0.1, 0.15) is 12.1 Å². The van der Waals surface area contributed by atoms with Crippen molar-refractivity contribution in [1.82, 2.24) is 5.32 Å². The first-order valence-corrected chi connectivity index (χ1v) is 14.7. The predicted molar refractivity (Wildman–Crippen MR) is 151 cm³/mol. The van der Waals surface area contributed by atoms with Gasteiger partial charge >= 0.3 is 35.5 Å². The molecule has 0 heterocycles. The molecule has 2 N–H and O–H groups in total. The molecule has 1 amide bonds. The van der Waals surface area contributed by atoms with Crippen molar-refractivity contribution in [3.8, 4) is 0 Å².